The Bertz CT molecular complexity index is 751. The first-order chi connectivity index (χ1) is 13.2. The van der Waals surface area contributed by atoms with Gasteiger partial charge in [0, 0.05) is 6.54 Å². The van der Waals surface area contributed by atoms with E-state index in [1.165, 1.54) is 0 Å². The monoisotopic (exact) mass is 366 g/mol. The van der Waals surface area contributed by atoms with Crippen molar-refractivity contribution in [3.05, 3.63) is 77.4 Å². The van der Waals surface area contributed by atoms with Gasteiger partial charge >= 0.3 is 6.09 Å². The average molecular weight is 366 g/mol. The Morgan fingerprint density at radius 2 is 1.81 bits per heavy atom. The van der Waals surface area contributed by atoms with Gasteiger partial charge in [0.2, 0.25) is 0 Å². The topological polar surface area (TPSA) is 70.6 Å². The second kappa shape index (κ2) is 9.35. The Labute approximate surface area is 160 Å². The zero-order chi connectivity index (χ0) is 19.0. The lowest BCUT2D eigenvalue weighted by molar-refractivity contribution is 0.00594. The van der Waals surface area contributed by atoms with Crippen molar-refractivity contribution < 1.29 is 14.6 Å². The van der Waals surface area contributed by atoms with Crippen LogP contribution in [0.1, 0.15) is 29.5 Å². The lowest BCUT2D eigenvalue weighted by atomic mass is 9.85. The van der Waals surface area contributed by atoms with Crippen LogP contribution in [0, 0.1) is 0 Å². The fourth-order valence-corrected chi connectivity index (χ4v) is 3.14. The highest BCUT2D eigenvalue weighted by atomic mass is 16.5. The number of nitrogens with one attached hydrogen (secondary N) is 2. The van der Waals surface area contributed by atoms with Crippen molar-refractivity contribution in [2.45, 2.75) is 25.0 Å². The van der Waals surface area contributed by atoms with Gasteiger partial charge in [0.05, 0.1) is 5.60 Å². The van der Waals surface area contributed by atoms with Crippen LogP contribution < -0.4 is 10.6 Å². The van der Waals surface area contributed by atoms with Crippen molar-refractivity contribution in [1.29, 1.82) is 0 Å². The Balaban J connectivity index is 1.42. The van der Waals surface area contributed by atoms with Gasteiger partial charge in [-0.05, 0) is 42.6 Å². The van der Waals surface area contributed by atoms with Gasteiger partial charge in [-0.25, -0.2) is 4.79 Å². The third-order valence-corrected chi connectivity index (χ3v) is 4.77. The van der Waals surface area contributed by atoms with Gasteiger partial charge in [-0.2, -0.15) is 0 Å². The van der Waals surface area contributed by atoms with E-state index in [2.05, 4.69) is 10.6 Å². The standard InChI is InChI=1S/C22H26N2O3/c25-21(27-17-19-5-2-1-3-6-19)24-14-4-7-18-8-10-20(11-9-18)22(26)12-15-23-16-13-22/h1-11,23,26H,12-17H2,(H,24,25). The fraction of sp³-hybridized carbons (Fsp3) is 0.318. The maximum absolute atomic E-state index is 11.7. The molecule has 1 amide bonds. The van der Waals surface area contributed by atoms with E-state index in [0.717, 1.165) is 42.6 Å². The van der Waals surface area contributed by atoms with Crippen LogP contribution in [-0.2, 0) is 16.9 Å². The molecule has 0 aliphatic carbocycles. The molecule has 1 aliphatic heterocycles. The molecular formula is C22H26N2O3. The Morgan fingerprint density at radius 1 is 1.11 bits per heavy atom. The van der Waals surface area contributed by atoms with Crippen LogP contribution in [0.3, 0.4) is 0 Å². The second-order valence-corrected chi connectivity index (χ2v) is 6.75. The summed E-state index contributed by atoms with van der Waals surface area (Å²) in [4.78, 5) is 11.7. The van der Waals surface area contributed by atoms with Gasteiger partial charge in [-0.1, -0.05) is 66.7 Å². The minimum Gasteiger partial charge on any atom is -0.445 e. The van der Waals surface area contributed by atoms with Gasteiger partial charge in [0.15, 0.2) is 0 Å². The fourth-order valence-electron chi connectivity index (χ4n) is 3.14. The van der Waals surface area contributed by atoms with E-state index < -0.39 is 11.7 Å². The number of aliphatic hydroxyl groups is 1. The highest BCUT2D eigenvalue weighted by Crippen LogP contribution is 2.30. The van der Waals surface area contributed by atoms with E-state index in [9.17, 15) is 9.90 Å². The highest BCUT2D eigenvalue weighted by Gasteiger charge is 2.30. The molecule has 0 unspecified atom stereocenters. The summed E-state index contributed by atoms with van der Waals surface area (Å²) in [6.07, 6.45) is 4.84. The molecule has 1 heterocycles. The number of alkyl carbamates (subject to hydrolysis) is 1. The molecule has 3 rings (SSSR count). The number of ether oxygens (including phenoxy) is 1. The van der Waals surface area contributed by atoms with Crippen molar-refractivity contribution >= 4 is 12.2 Å². The minimum atomic E-state index is -0.725. The van der Waals surface area contributed by atoms with Crippen LogP contribution >= 0.6 is 0 Å². The van der Waals surface area contributed by atoms with E-state index in [1.807, 2.05) is 66.7 Å². The molecule has 1 fully saturated rings. The quantitative estimate of drug-likeness (QED) is 0.734. The van der Waals surface area contributed by atoms with E-state index >= 15 is 0 Å². The summed E-state index contributed by atoms with van der Waals surface area (Å²) in [6, 6.07) is 17.5. The number of hydrogen-bond donors (Lipinski definition) is 3. The molecule has 1 aliphatic rings. The molecule has 5 nitrogen and oxygen atoms in total. The largest absolute Gasteiger partial charge is 0.445 e. The van der Waals surface area contributed by atoms with E-state index in [4.69, 9.17) is 4.74 Å². The minimum absolute atomic E-state index is 0.260. The Hall–Kier alpha value is -2.63. The summed E-state index contributed by atoms with van der Waals surface area (Å²) in [5.41, 5.74) is 2.22. The number of piperidine rings is 1. The van der Waals surface area contributed by atoms with Gasteiger partial charge in [0.1, 0.15) is 6.61 Å². The average Bonchev–Trinajstić information content (AvgIpc) is 2.71. The molecule has 27 heavy (non-hydrogen) atoms. The summed E-state index contributed by atoms with van der Waals surface area (Å²) < 4.78 is 5.16. The summed E-state index contributed by atoms with van der Waals surface area (Å²) in [5.74, 6) is 0. The SMILES string of the molecule is O=C(NCC=Cc1ccc(C2(O)CCNCC2)cc1)OCc1ccccc1. The van der Waals surface area contributed by atoms with Crippen molar-refractivity contribution in [3.8, 4) is 0 Å². The molecule has 0 aromatic heterocycles. The number of hydrogen-bond acceptors (Lipinski definition) is 4. The lowest BCUT2D eigenvalue weighted by Crippen LogP contribution is -2.39. The van der Waals surface area contributed by atoms with Crippen LogP contribution in [0.4, 0.5) is 4.79 Å². The zero-order valence-corrected chi connectivity index (χ0v) is 15.4. The third kappa shape index (κ3) is 5.67. The number of carbonyl (C=O) groups is 1. The molecule has 0 radical (unpaired) electrons. The summed E-state index contributed by atoms with van der Waals surface area (Å²) in [6.45, 7) is 2.33. The van der Waals surface area contributed by atoms with Crippen LogP contribution in [-0.4, -0.2) is 30.8 Å². The Kier molecular flexibility index (Phi) is 6.63. The molecule has 0 saturated carbocycles. The molecular weight excluding hydrogens is 340 g/mol. The number of benzene rings is 2. The summed E-state index contributed by atoms with van der Waals surface area (Å²) >= 11 is 0. The van der Waals surface area contributed by atoms with Gasteiger partial charge < -0.3 is 20.5 Å². The smallest absolute Gasteiger partial charge is 0.407 e. The molecule has 2 aromatic carbocycles. The van der Waals surface area contributed by atoms with Crippen molar-refractivity contribution in [3.63, 3.8) is 0 Å². The normalized spacial score (nSPS) is 16.2. The molecule has 142 valence electrons. The molecule has 2 aromatic rings. The van der Waals surface area contributed by atoms with Gasteiger partial charge in [-0.3, -0.25) is 0 Å². The maximum atomic E-state index is 11.7. The predicted molar refractivity (Wildman–Crippen MR) is 106 cm³/mol. The number of amides is 1. The van der Waals surface area contributed by atoms with Crippen LogP contribution in [0.5, 0.6) is 0 Å². The van der Waals surface area contributed by atoms with E-state index in [1.54, 1.807) is 0 Å². The first-order valence-corrected chi connectivity index (χ1v) is 9.30. The number of carbonyl (C=O) groups excluding carboxylic acids is 1. The lowest BCUT2D eigenvalue weighted by Gasteiger charge is -2.33. The molecule has 1 saturated heterocycles. The third-order valence-electron chi connectivity index (χ3n) is 4.77. The zero-order valence-electron chi connectivity index (χ0n) is 15.4. The van der Waals surface area contributed by atoms with Crippen molar-refractivity contribution in [2.75, 3.05) is 19.6 Å². The Morgan fingerprint density at radius 3 is 2.52 bits per heavy atom. The first kappa shape index (κ1) is 19.1. The number of rotatable bonds is 6. The summed E-state index contributed by atoms with van der Waals surface area (Å²) in [7, 11) is 0. The van der Waals surface area contributed by atoms with Crippen LogP contribution in [0.2, 0.25) is 0 Å². The predicted octanol–water partition coefficient (Wildman–Crippen LogP) is 3.20. The van der Waals surface area contributed by atoms with Crippen LogP contribution in [0.25, 0.3) is 6.08 Å². The molecule has 0 spiro atoms. The van der Waals surface area contributed by atoms with Gasteiger partial charge in [0.25, 0.3) is 0 Å². The highest BCUT2D eigenvalue weighted by molar-refractivity contribution is 5.67. The second-order valence-electron chi connectivity index (χ2n) is 6.75. The van der Waals surface area contributed by atoms with Gasteiger partial charge in [-0.15, -0.1) is 0 Å². The maximum Gasteiger partial charge on any atom is 0.407 e. The first-order valence-electron chi connectivity index (χ1n) is 9.30. The molecule has 0 bridgehead atoms. The summed E-state index contributed by atoms with van der Waals surface area (Å²) in [5, 5.41) is 16.7. The molecule has 5 heteroatoms. The van der Waals surface area contributed by atoms with E-state index in [-0.39, 0.29) is 6.61 Å². The molecule has 0 atom stereocenters. The van der Waals surface area contributed by atoms with Crippen LogP contribution in [0.15, 0.2) is 60.7 Å². The van der Waals surface area contributed by atoms with E-state index in [0.29, 0.717) is 6.54 Å². The molecule has 3 N–H and O–H groups in total. The van der Waals surface area contributed by atoms with Crippen molar-refractivity contribution in [2.24, 2.45) is 0 Å². The van der Waals surface area contributed by atoms with Crippen molar-refractivity contribution in [1.82, 2.24) is 10.6 Å².